The number of rotatable bonds is 4. The van der Waals surface area contributed by atoms with Crippen LogP contribution < -0.4 is 5.32 Å². The van der Waals surface area contributed by atoms with Crippen molar-refractivity contribution in [1.29, 1.82) is 0 Å². The zero-order valence-corrected chi connectivity index (χ0v) is 10.6. The molecule has 1 aliphatic heterocycles. The second kappa shape index (κ2) is 5.10. The summed E-state index contributed by atoms with van der Waals surface area (Å²) >= 11 is 2.10. The number of nitrogens with one attached hydrogen (secondary N) is 1. The Labute approximate surface area is 106 Å². The van der Waals surface area contributed by atoms with Crippen LogP contribution in [-0.4, -0.2) is 27.2 Å². The van der Waals surface area contributed by atoms with Crippen LogP contribution >= 0.6 is 11.8 Å². The van der Waals surface area contributed by atoms with Crippen molar-refractivity contribution in [3.63, 3.8) is 0 Å². The highest BCUT2D eigenvalue weighted by atomic mass is 32.2. The monoisotopic (exact) mass is 247 g/mol. The first-order valence-corrected chi connectivity index (χ1v) is 7.22. The van der Waals surface area contributed by atoms with Gasteiger partial charge in [-0.3, -0.25) is 0 Å². The van der Waals surface area contributed by atoms with Crippen LogP contribution in [0.2, 0.25) is 0 Å². The van der Waals surface area contributed by atoms with Crippen molar-refractivity contribution in [1.82, 2.24) is 14.9 Å². The molecule has 3 heterocycles. The summed E-state index contributed by atoms with van der Waals surface area (Å²) in [6.07, 6.45) is 6.70. The second-order valence-corrected chi connectivity index (χ2v) is 5.87. The number of pyridine rings is 1. The Morgan fingerprint density at radius 3 is 3.35 bits per heavy atom. The summed E-state index contributed by atoms with van der Waals surface area (Å²) < 4.78 is 1.93. The summed E-state index contributed by atoms with van der Waals surface area (Å²) in [5, 5.41) is 8.70. The van der Waals surface area contributed by atoms with Crippen LogP contribution in [0.5, 0.6) is 0 Å². The molecule has 0 saturated carbocycles. The maximum atomic E-state index is 4.34. The number of aromatic nitrogens is 2. The number of hydrogen-bond donors (Lipinski definition) is 1. The fourth-order valence-corrected chi connectivity index (χ4v) is 3.53. The van der Waals surface area contributed by atoms with E-state index in [4.69, 9.17) is 0 Å². The van der Waals surface area contributed by atoms with E-state index in [2.05, 4.69) is 34.3 Å². The van der Waals surface area contributed by atoms with Crippen molar-refractivity contribution in [2.75, 3.05) is 12.3 Å². The van der Waals surface area contributed by atoms with Gasteiger partial charge in [-0.05, 0) is 30.7 Å². The second-order valence-electron chi connectivity index (χ2n) is 4.47. The van der Waals surface area contributed by atoms with E-state index >= 15 is 0 Å². The molecule has 0 aromatic carbocycles. The van der Waals surface area contributed by atoms with Crippen LogP contribution in [-0.2, 0) is 6.54 Å². The third-order valence-electron chi connectivity index (χ3n) is 3.22. The fraction of sp³-hybridized carbons (Fsp3) is 0.462. The minimum Gasteiger partial charge on any atom is -0.311 e. The Morgan fingerprint density at radius 2 is 2.47 bits per heavy atom. The van der Waals surface area contributed by atoms with Crippen LogP contribution in [0.25, 0.3) is 5.52 Å². The van der Waals surface area contributed by atoms with E-state index in [-0.39, 0.29) is 0 Å². The molecule has 1 unspecified atom stereocenters. The molecule has 0 bridgehead atoms. The molecule has 0 aliphatic carbocycles. The van der Waals surface area contributed by atoms with Gasteiger partial charge in [0, 0.05) is 30.1 Å². The fourth-order valence-electron chi connectivity index (χ4n) is 2.30. The van der Waals surface area contributed by atoms with Gasteiger partial charge in [0.05, 0.1) is 11.7 Å². The van der Waals surface area contributed by atoms with Crippen LogP contribution in [0.3, 0.4) is 0 Å². The van der Waals surface area contributed by atoms with Crippen molar-refractivity contribution >= 4 is 17.3 Å². The Kier molecular flexibility index (Phi) is 3.34. The standard InChI is InChI=1S/C13H17N3S/c1-2-6-16-13(5-1)11(9-15-16)8-14-10-12-4-3-7-17-12/h1-2,5-6,9,12,14H,3-4,7-8,10H2. The zero-order valence-electron chi connectivity index (χ0n) is 9.80. The van der Waals surface area contributed by atoms with Gasteiger partial charge < -0.3 is 5.32 Å². The number of thioether (sulfide) groups is 1. The van der Waals surface area contributed by atoms with Gasteiger partial charge >= 0.3 is 0 Å². The van der Waals surface area contributed by atoms with Gasteiger partial charge in [0.2, 0.25) is 0 Å². The molecule has 17 heavy (non-hydrogen) atoms. The molecular formula is C13H17N3S. The molecule has 1 saturated heterocycles. The van der Waals surface area contributed by atoms with Gasteiger partial charge in [-0.2, -0.15) is 16.9 Å². The highest BCUT2D eigenvalue weighted by Gasteiger charge is 2.14. The van der Waals surface area contributed by atoms with Crippen LogP contribution in [0.4, 0.5) is 0 Å². The van der Waals surface area contributed by atoms with Crippen molar-refractivity contribution in [3.05, 3.63) is 36.2 Å². The highest BCUT2D eigenvalue weighted by Crippen LogP contribution is 2.25. The summed E-state index contributed by atoms with van der Waals surface area (Å²) in [5.74, 6) is 1.34. The quantitative estimate of drug-likeness (QED) is 0.899. The van der Waals surface area contributed by atoms with Crippen molar-refractivity contribution in [3.8, 4) is 0 Å². The smallest absolute Gasteiger partial charge is 0.0706 e. The molecule has 1 atom stereocenters. The zero-order chi connectivity index (χ0) is 11.5. The van der Waals surface area contributed by atoms with Gasteiger partial charge in [-0.15, -0.1) is 0 Å². The van der Waals surface area contributed by atoms with Gasteiger partial charge in [0.15, 0.2) is 0 Å². The highest BCUT2D eigenvalue weighted by molar-refractivity contribution is 8.00. The van der Waals surface area contributed by atoms with Crippen molar-refractivity contribution < 1.29 is 0 Å². The molecular weight excluding hydrogens is 230 g/mol. The van der Waals surface area contributed by atoms with Gasteiger partial charge in [-0.25, -0.2) is 4.52 Å². The van der Waals surface area contributed by atoms with E-state index in [9.17, 15) is 0 Å². The molecule has 3 nitrogen and oxygen atoms in total. The molecule has 0 spiro atoms. The van der Waals surface area contributed by atoms with E-state index in [0.717, 1.165) is 18.3 Å². The SMILES string of the molecule is c1ccn2ncc(CNCC3CCCS3)c2c1. The lowest BCUT2D eigenvalue weighted by Crippen LogP contribution is -2.22. The summed E-state index contributed by atoms with van der Waals surface area (Å²) in [6.45, 7) is 2.04. The summed E-state index contributed by atoms with van der Waals surface area (Å²) in [4.78, 5) is 0. The average Bonchev–Trinajstić information content (AvgIpc) is 2.99. The number of fused-ring (bicyclic) bond motifs is 1. The normalized spacial score (nSPS) is 20.1. The first-order chi connectivity index (χ1) is 8.43. The average molecular weight is 247 g/mol. The molecule has 2 aromatic heterocycles. The molecule has 1 N–H and O–H groups in total. The Hall–Kier alpha value is -1.00. The van der Waals surface area contributed by atoms with Crippen molar-refractivity contribution in [2.24, 2.45) is 0 Å². The first kappa shape index (κ1) is 11.1. The minimum atomic E-state index is 0.817. The number of nitrogens with zero attached hydrogens (tertiary/aromatic N) is 2. The Morgan fingerprint density at radius 1 is 1.47 bits per heavy atom. The molecule has 2 aromatic rings. The third kappa shape index (κ3) is 2.48. The van der Waals surface area contributed by atoms with Crippen LogP contribution in [0.1, 0.15) is 18.4 Å². The molecule has 90 valence electrons. The number of hydrogen-bond acceptors (Lipinski definition) is 3. The van der Waals surface area contributed by atoms with Gasteiger partial charge in [-0.1, -0.05) is 6.07 Å². The van der Waals surface area contributed by atoms with E-state index in [0.29, 0.717) is 0 Å². The maximum absolute atomic E-state index is 4.34. The minimum absolute atomic E-state index is 0.817. The van der Waals surface area contributed by atoms with Crippen LogP contribution in [0, 0.1) is 0 Å². The first-order valence-electron chi connectivity index (χ1n) is 6.17. The third-order valence-corrected chi connectivity index (χ3v) is 4.62. The lowest BCUT2D eigenvalue weighted by atomic mass is 10.2. The van der Waals surface area contributed by atoms with Crippen LogP contribution in [0.15, 0.2) is 30.6 Å². The molecule has 0 amide bonds. The molecule has 4 heteroatoms. The molecule has 0 radical (unpaired) electrons. The predicted molar refractivity (Wildman–Crippen MR) is 72.4 cm³/mol. The summed E-state index contributed by atoms with van der Waals surface area (Å²) in [6, 6.07) is 6.19. The topological polar surface area (TPSA) is 29.3 Å². The lowest BCUT2D eigenvalue weighted by Gasteiger charge is -2.09. The van der Waals surface area contributed by atoms with Crippen molar-refractivity contribution in [2.45, 2.75) is 24.6 Å². The van der Waals surface area contributed by atoms with E-state index in [1.807, 2.05) is 23.0 Å². The largest absolute Gasteiger partial charge is 0.311 e. The summed E-state index contributed by atoms with van der Waals surface area (Å²) in [5.41, 5.74) is 2.49. The van der Waals surface area contributed by atoms with E-state index < -0.39 is 0 Å². The molecule has 1 aliphatic rings. The predicted octanol–water partition coefficient (Wildman–Crippen LogP) is 2.32. The Balaban J connectivity index is 1.60. The lowest BCUT2D eigenvalue weighted by molar-refractivity contribution is 0.647. The van der Waals surface area contributed by atoms with E-state index in [1.54, 1.807) is 0 Å². The maximum Gasteiger partial charge on any atom is 0.0706 e. The Bertz CT molecular complexity index is 488. The van der Waals surface area contributed by atoms with Gasteiger partial charge in [0.25, 0.3) is 0 Å². The van der Waals surface area contributed by atoms with Gasteiger partial charge in [0.1, 0.15) is 0 Å². The summed E-state index contributed by atoms with van der Waals surface area (Å²) in [7, 11) is 0. The molecule has 3 rings (SSSR count). The van der Waals surface area contributed by atoms with E-state index in [1.165, 1.54) is 29.7 Å². The molecule has 1 fully saturated rings.